The molecule has 0 radical (unpaired) electrons. The van der Waals surface area contributed by atoms with Crippen LogP contribution in [0.25, 0.3) is 10.6 Å². The van der Waals surface area contributed by atoms with Crippen molar-refractivity contribution in [3.8, 4) is 16.3 Å². The maximum absolute atomic E-state index is 12.9. The van der Waals surface area contributed by atoms with Gasteiger partial charge in [-0.05, 0) is 29.8 Å². The van der Waals surface area contributed by atoms with Crippen LogP contribution in [0.1, 0.15) is 16.1 Å². The molecule has 3 aromatic rings. The van der Waals surface area contributed by atoms with E-state index in [9.17, 15) is 9.18 Å². The van der Waals surface area contributed by atoms with Crippen LogP contribution >= 0.6 is 11.3 Å². The number of thiazole rings is 1. The summed E-state index contributed by atoms with van der Waals surface area (Å²) in [6.45, 7) is 0.320. The molecule has 4 nitrogen and oxygen atoms in total. The van der Waals surface area contributed by atoms with E-state index in [1.807, 2.05) is 24.3 Å². The number of nitrogens with zero attached hydrogens (tertiary/aromatic N) is 1. The smallest absolute Gasteiger partial charge is 0.271 e. The molecule has 0 bridgehead atoms. The zero-order valence-corrected chi connectivity index (χ0v) is 13.8. The molecule has 122 valence electrons. The van der Waals surface area contributed by atoms with Gasteiger partial charge in [-0.15, -0.1) is 11.3 Å². The highest BCUT2D eigenvalue weighted by molar-refractivity contribution is 7.13. The fourth-order valence-electron chi connectivity index (χ4n) is 2.20. The number of hydrogen-bond acceptors (Lipinski definition) is 4. The first-order valence-electron chi connectivity index (χ1n) is 7.29. The number of aromatic nitrogens is 1. The topological polar surface area (TPSA) is 51.2 Å². The zero-order valence-electron chi connectivity index (χ0n) is 13.0. The summed E-state index contributed by atoms with van der Waals surface area (Å²) >= 11 is 1.38. The molecule has 0 aliphatic rings. The summed E-state index contributed by atoms with van der Waals surface area (Å²) in [7, 11) is 1.60. The van der Waals surface area contributed by atoms with Gasteiger partial charge in [0.15, 0.2) is 0 Å². The highest BCUT2D eigenvalue weighted by Gasteiger charge is 2.14. The van der Waals surface area contributed by atoms with Gasteiger partial charge in [-0.1, -0.05) is 24.3 Å². The first kappa shape index (κ1) is 16.1. The van der Waals surface area contributed by atoms with Crippen LogP contribution in [0.5, 0.6) is 5.75 Å². The van der Waals surface area contributed by atoms with Crippen LogP contribution in [0, 0.1) is 5.82 Å². The van der Waals surface area contributed by atoms with Gasteiger partial charge in [0.1, 0.15) is 22.3 Å². The van der Waals surface area contributed by atoms with Gasteiger partial charge < -0.3 is 10.1 Å². The van der Waals surface area contributed by atoms with Crippen molar-refractivity contribution in [1.29, 1.82) is 0 Å². The molecule has 1 amide bonds. The maximum Gasteiger partial charge on any atom is 0.271 e. The van der Waals surface area contributed by atoms with Crippen LogP contribution < -0.4 is 10.1 Å². The molecule has 0 saturated carbocycles. The Morgan fingerprint density at radius 2 is 1.96 bits per heavy atom. The normalized spacial score (nSPS) is 10.4. The summed E-state index contributed by atoms with van der Waals surface area (Å²) in [5.74, 6) is 0.146. The van der Waals surface area contributed by atoms with Crippen molar-refractivity contribution in [3.63, 3.8) is 0 Å². The van der Waals surface area contributed by atoms with Crippen LogP contribution in [0.15, 0.2) is 53.9 Å². The predicted molar refractivity (Wildman–Crippen MR) is 91.7 cm³/mol. The average Bonchev–Trinajstić information content (AvgIpc) is 3.11. The van der Waals surface area contributed by atoms with E-state index in [0.717, 1.165) is 16.1 Å². The van der Waals surface area contributed by atoms with Gasteiger partial charge in [0.2, 0.25) is 0 Å². The van der Waals surface area contributed by atoms with Crippen molar-refractivity contribution >= 4 is 17.2 Å². The third-order valence-corrected chi connectivity index (χ3v) is 4.32. The van der Waals surface area contributed by atoms with Crippen molar-refractivity contribution in [2.24, 2.45) is 0 Å². The van der Waals surface area contributed by atoms with Gasteiger partial charge in [-0.3, -0.25) is 4.79 Å². The minimum atomic E-state index is -0.300. The van der Waals surface area contributed by atoms with Gasteiger partial charge in [-0.2, -0.15) is 0 Å². The second-order valence-corrected chi connectivity index (χ2v) is 5.91. The van der Waals surface area contributed by atoms with E-state index in [0.29, 0.717) is 18.0 Å². The Hall–Kier alpha value is -2.73. The van der Waals surface area contributed by atoms with Crippen molar-refractivity contribution in [1.82, 2.24) is 10.3 Å². The minimum Gasteiger partial charge on any atom is -0.496 e. The fourth-order valence-corrected chi connectivity index (χ4v) is 3.03. The first-order chi connectivity index (χ1) is 11.7. The molecule has 0 aliphatic carbocycles. The predicted octanol–water partition coefficient (Wildman–Crippen LogP) is 3.89. The molecule has 3 rings (SSSR count). The number of carbonyl (C=O) groups excluding carboxylic acids is 1. The SMILES string of the molecule is COc1ccccc1-c1nc(C(=O)NCc2ccc(F)cc2)cs1. The van der Waals surface area contributed by atoms with Crippen molar-refractivity contribution < 1.29 is 13.9 Å². The lowest BCUT2D eigenvalue weighted by molar-refractivity contribution is 0.0946. The zero-order chi connectivity index (χ0) is 16.9. The van der Waals surface area contributed by atoms with Crippen LogP contribution in [0.4, 0.5) is 4.39 Å². The van der Waals surface area contributed by atoms with Gasteiger partial charge in [0, 0.05) is 11.9 Å². The summed E-state index contributed by atoms with van der Waals surface area (Å²) in [5, 5.41) is 5.21. The Bertz CT molecular complexity index is 846. The highest BCUT2D eigenvalue weighted by Crippen LogP contribution is 2.31. The van der Waals surface area contributed by atoms with Crippen molar-refractivity contribution in [2.45, 2.75) is 6.54 Å². The third kappa shape index (κ3) is 3.60. The number of methoxy groups -OCH3 is 1. The average molecular weight is 342 g/mol. The van der Waals surface area contributed by atoms with Crippen molar-refractivity contribution in [2.75, 3.05) is 7.11 Å². The number of hydrogen-bond donors (Lipinski definition) is 1. The van der Waals surface area contributed by atoms with E-state index in [1.54, 1.807) is 24.6 Å². The number of carbonyl (C=O) groups is 1. The molecule has 2 aromatic carbocycles. The fraction of sp³-hybridized carbons (Fsp3) is 0.111. The number of halogens is 1. The summed E-state index contributed by atoms with van der Waals surface area (Å²) in [6, 6.07) is 13.5. The maximum atomic E-state index is 12.9. The number of rotatable bonds is 5. The molecule has 0 saturated heterocycles. The molecule has 6 heteroatoms. The van der Waals surface area contributed by atoms with Crippen LogP contribution in [0.2, 0.25) is 0 Å². The van der Waals surface area contributed by atoms with Gasteiger partial charge >= 0.3 is 0 Å². The summed E-state index contributed by atoms with van der Waals surface area (Å²) in [5.41, 5.74) is 2.02. The molecule has 0 spiro atoms. The highest BCUT2D eigenvalue weighted by atomic mass is 32.1. The standard InChI is InChI=1S/C18H15FN2O2S/c1-23-16-5-3-2-4-14(16)18-21-15(11-24-18)17(22)20-10-12-6-8-13(19)9-7-12/h2-9,11H,10H2,1H3,(H,20,22). The quantitative estimate of drug-likeness (QED) is 0.765. The lowest BCUT2D eigenvalue weighted by atomic mass is 10.2. The largest absolute Gasteiger partial charge is 0.496 e. The second-order valence-electron chi connectivity index (χ2n) is 5.05. The lowest BCUT2D eigenvalue weighted by Crippen LogP contribution is -2.23. The van der Waals surface area contributed by atoms with E-state index < -0.39 is 0 Å². The molecule has 1 aromatic heterocycles. The second kappa shape index (κ2) is 7.23. The number of amides is 1. The molecule has 0 aliphatic heterocycles. The Morgan fingerprint density at radius 3 is 2.71 bits per heavy atom. The summed E-state index contributed by atoms with van der Waals surface area (Å²) in [6.07, 6.45) is 0. The van der Waals surface area contributed by atoms with E-state index >= 15 is 0 Å². The summed E-state index contributed by atoms with van der Waals surface area (Å²) < 4.78 is 18.2. The molecule has 0 atom stereocenters. The number of para-hydroxylation sites is 1. The lowest BCUT2D eigenvalue weighted by Gasteiger charge is -2.05. The summed E-state index contributed by atoms with van der Waals surface area (Å²) in [4.78, 5) is 16.6. The minimum absolute atomic E-state index is 0.267. The Morgan fingerprint density at radius 1 is 1.21 bits per heavy atom. The third-order valence-electron chi connectivity index (χ3n) is 3.44. The molecule has 1 N–H and O–H groups in total. The van der Waals surface area contributed by atoms with Crippen LogP contribution in [-0.4, -0.2) is 18.0 Å². The Kier molecular flexibility index (Phi) is 4.86. The van der Waals surface area contributed by atoms with Gasteiger partial charge in [0.25, 0.3) is 5.91 Å². The molecule has 0 unspecified atom stereocenters. The van der Waals surface area contributed by atoms with E-state index in [1.165, 1.54) is 23.5 Å². The molecule has 0 fully saturated rings. The Balaban J connectivity index is 1.70. The van der Waals surface area contributed by atoms with E-state index in [-0.39, 0.29) is 11.7 Å². The van der Waals surface area contributed by atoms with Crippen LogP contribution in [-0.2, 0) is 6.54 Å². The number of ether oxygens (including phenoxy) is 1. The number of nitrogens with one attached hydrogen (secondary N) is 1. The molecule has 24 heavy (non-hydrogen) atoms. The van der Waals surface area contributed by atoms with Crippen molar-refractivity contribution in [3.05, 3.63) is 71.0 Å². The van der Waals surface area contributed by atoms with Gasteiger partial charge in [-0.25, -0.2) is 9.37 Å². The molecular formula is C18H15FN2O2S. The first-order valence-corrected chi connectivity index (χ1v) is 8.17. The Labute approximate surface area is 142 Å². The van der Waals surface area contributed by atoms with E-state index in [2.05, 4.69) is 10.3 Å². The molecule has 1 heterocycles. The van der Waals surface area contributed by atoms with E-state index in [4.69, 9.17) is 4.74 Å². The van der Waals surface area contributed by atoms with Crippen LogP contribution in [0.3, 0.4) is 0 Å². The number of benzene rings is 2. The molecular weight excluding hydrogens is 327 g/mol. The monoisotopic (exact) mass is 342 g/mol. The van der Waals surface area contributed by atoms with Gasteiger partial charge in [0.05, 0.1) is 12.7 Å².